The van der Waals surface area contributed by atoms with Crippen molar-refractivity contribution >= 4 is 28.9 Å². The molecule has 7 nitrogen and oxygen atoms in total. The highest BCUT2D eigenvalue weighted by Crippen LogP contribution is 2.23. The van der Waals surface area contributed by atoms with Crippen LogP contribution in [0.5, 0.6) is 5.75 Å². The van der Waals surface area contributed by atoms with Gasteiger partial charge in [-0.05, 0) is 43.2 Å². The first-order valence-electron chi connectivity index (χ1n) is 9.19. The Labute approximate surface area is 164 Å². The van der Waals surface area contributed by atoms with Gasteiger partial charge in [-0.3, -0.25) is 9.59 Å². The lowest BCUT2D eigenvalue weighted by Gasteiger charge is -2.16. The number of hydrazone groups is 1. The topological polar surface area (TPSA) is 83.0 Å². The number of benzene rings is 2. The first-order chi connectivity index (χ1) is 13.6. The second-order valence-corrected chi connectivity index (χ2v) is 6.49. The summed E-state index contributed by atoms with van der Waals surface area (Å²) in [6, 6.07) is 15.0. The van der Waals surface area contributed by atoms with Crippen LogP contribution in [0.4, 0.5) is 11.4 Å². The van der Waals surface area contributed by atoms with Gasteiger partial charge in [-0.25, -0.2) is 5.43 Å². The molecule has 0 aliphatic carbocycles. The summed E-state index contributed by atoms with van der Waals surface area (Å²) in [6.45, 7) is 2.63. The Morgan fingerprint density at radius 3 is 2.79 bits per heavy atom. The van der Waals surface area contributed by atoms with Crippen LogP contribution in [0.3, 0.4) is 0 Å². The summed E-state index contributed by atoms with van der Waals surface area (Å²) >= 11 is 0. The lowest BCUT2D eigenvalue weighted by Crippen LogP contribution is -2.27. The molecule has 0 unspecified atom stereocenters. The summed E-state index contributed by atoms with van der Waals surface area (Å²) in [4.78, 5) is 25.8. The Bertz CT molecular complexity index is 895. The minimum absolute atomic E-state index is 0.0689. The van der Waals surface area contributed by atoms with Gasteiger partial charge in [0.2, 0.25) is 5.91 Å². The van der Waals surface area contributed by atoms with E-state index >= 15 is 0 Å². The van der Waals surface area contributed by atoms with Crippen LogP contribution in [-0.4, -0.2) is 37.7 Å². The number of rotatable bonds is 7. The van der Waals surface area contributed by atoms with Crippen molar-refractivity contribution in [2.24, 2.45) is 5.10 Å². The van der Waals surface area contributed by atoms with Crippen molar-refractivity contribution in [3.63, 3.8) is 0 Å². The van der Waals surface area contributed by atoms with Crippen molar-refractivity contribution in [2.45, 2.75) is 19.8 Å². The Hall–Kier alpha value is -3.35. The van der Waals surface area contributed by atoms with Gasteiger partial charge in [0, 0.05) is 18.7 Å². The van der Waals surface area contributed by atoms with E-state index in [1.807, 2.05) is 55.5 Å². The van der Waals surface area contributed by atoms with E-state index in [1.165, 1.54) is 0 Å². The molecule has 0 spiro atoms. The van der Waals surface area contributed by atoms with Gasteiger partial charge in [0.1, 0.15) is 5.75 Å². The normalized spacial score (nSPS) is 14.1. The van der Waals surface area contributed by atoms with Gasteiger partial charge in [0.25, 0.3) is 5.91 Å². The maximum absolute atomic E-state index is 12.1. The number of anilines is 2. The summed E-state index contributed by atoms with van der Waals surface area (Å²) in [5.41, 5.74) is 5.67. The van der Waals surface area contributed by atoms with Crippen molar-refractivity contribution in [3.05, 3.63) is 54.1 Å². The lowest BCUT2D eigenvalue weighted by molar-refractivity contribution is -0.119. The minimum atomic E-state index is -0.267. The molecule has 2 amide bonds. The number of para-hydroxylation sites is 2. The van der Waals surface area contributed by atoms with E-state index in [9.17, 15) is 9.59 Å². The molecule has 0 radical (unpaired) electrons. The number of hydrogen-bond donors (Lipinski definition) is 2. The average molecular weight is 380 g/mol. The largest absolute Gasteiger partial charge is 0.495 e. The van der Waals surface area contributed by atoms with Gasteiger partial charge in [-0.1, -0.05) is 24.3 Å². The molecule has 7 heteroatoms. The number of nitrogens with one attached hydrogen (secondary N) is 2. The zero-order valence-electron chi connectivity index (χ0n) is 16.1. The molecule has 0 atom stereocenters. The smallest absolute Gasteiger partial charge is 0.259 e. The molecule has 2 aromatic carbocycles. The first kappa shape index (κ1) is 19.4. The summed E-state index contributed by atoms with van der Waals surface area (Å²) in [7, 11) is 1.58. The molecule has 1 aliphatic heterocycles. The van der Waals surface area contributed by atoms with Crippen LogP contribution in [0.25, 0.3) is 0 Å². The van der Waals surface area contributed by atoms with Crippen LogP contribution < -0.4 is 20.4 Å². The molecule has 1 aliphatic rings. The third-order valence-electron chi connectivity index (χ3n) is 4.54. The highest BCUT2D eigenvalue weighted by atomic mass is 16.5. The molecule has 1 saturated heterocycles. The molecule has 1 fully saturated rings. The highest BCUT2D eigenvalue weighted by molar-refractivity contribution is 6.02. The maximum Gasteiger partial charge on any atom is 0.259 e. The SMILES string of the molecule is COc1ccccc1NCC(=O)N/N=C(/C)c1cccc(N2CCCC2=O)c1. The molecule has 0 bridgehead atoms. The molecule has 146 valence electrons. The van der Waals surface area contributed by atoms with E-state index in [0.29, 0.717) is 17.9 Å². The summed E-state index contributed by atoms with van der Waals surface area (Å²) in [6.07, 6.45) is 1.47. The standard InChI is InChI=1S/C21H24N4O3/c1-15(16-7-5-8-17(13-16)25-12-6-11-21(25)27)23-24-20(26)14-22-18-9-3-4-10-19(18)28-2/h3-5,7-10,13,22H,6,11-12,14H2,1-2H3,(H,24,26)/b23-15-. The number of ether oxygens (including phenoxy) is 1. The van der Waals surface area contributed by atoms with Crippen molar-refractivity contribution in [2.75, 3.05) is 30.4 Å². The van der Waals surface area contributed by atoms with E-state index < -0.39 is 0 Å². The lowest BCUT2D eigenvalue weighted by atomic mass is 10.1. The molecule has 0 saturated carbocycles. The van der Waals surface area contributed by atoms with Crippen molar-refractivity contribution in [1.29, 1.82) is 0 Å². The number of hydrogen-bond acceptors (Lipinski definition) is 5. The number of nitrogens with zero attached hydrogens (tertiary/aromatic N) is 2. The van der Waals surface area contributed by atoms with E-state index in [2.05, 4.69) is 15.8 Å². The van der Waals surface area contributed by atoms with Gasteiger partial charge in [-0.2, -0.15) is 5.10 Å². The second kappa shape index (κ2) is 9.03. The summed E-state index contributed by atoms with van der Waals surface area (Å²) < 4.78 is 5.24. The molecular weight excluding hydrogens is 356 g/mol. The van der Waals surface area contributed by atoms with Gasteiger partial charge in [0.15, 0.2) is 0 Å². The molecule has 2 aromatic rings. The molecule has 2 N–H and O–H groups in total. The van der Waals surface area contributed by atoms with Crippen LogP contribution in [0.15, 0.2) is 53.6 Å². The Morgan fingerprint density at radius 1 is 1.21 bits per heavy atom. The average Bonchev–Trinajstić information content (AvgIpc) is 3.16. The van der Waals surface area contributed by atoms with Crippen LogP contribution in [0, 0.1) is 0 Å². The minimum Gasteiger partial charge on any atom is -0.495 e. The Kier molecular flexibility index (Phi) is 6.26. The number of amides is 2. The van der Waals surface area contributed by atoms with Crippen molar-refractivity contribution in [3.8, 4) is 5.75 Å². The molecule has 3 rings (SSSR count). The molecule has 28 heavy (non-hydrogen) atoms. The zero-order valence-corrected chi connectivity index (χ0v) is 16.1. The van der Waals surface area contributed by atoms with Crippen LogP contribution in [-0.2, 0) is 9.59 Å². The molecular formula is C21H24N4O3. The Balaban J connectivity index is 1.59. The number of carbonyl (C=O) groups is 2. The van der Waals surface area contributed by atoms with Gasteiger partial charge in [-0.15, -0.1) is 0 Å². The van der Waals surface area contributed by atoms with Gasteiger partial charge < -0.3 is 15.0 Å². The second-order valence-electron chi connectivity index (χ2n) is 6.49. The van der Waals surface area contributed by atoms with Crippen molar-refractivity contribution < 1.29 is 14.3 Å². The van der Waals surface area contributed by atoms with Gasteiger partial charge in [0.05, 0.1) is 25.1 Å². The van der Waals surface area contributed by atoms with E-state index in [-0.39, 0.29) is 18.4 Å². The third kappa shape index (κ3) is 4.68. The zero-order chi connectivity index (χ0) is 19.9. The van der Waals surface area contributed by atoms with Crippen LogP contribution in [0.1, 0.15) is 25.3 Å². The summed E-state index contributed by atoms with van der Waals surface area (Å²) in [5.74, 6) is 0.543. The Morgan fingerprint density at radius 2 is 2.04 bits per heavy atom. The van der Waals surface area contributed by atoms with Crippen LogP contribution >= 0.6 is 0 Å². The predicted octanol–water partition coefficient (Wildman–Crippen LogP) is 2.77. The van der Waals surface area contributed by atoms with E-state index in [0.717, 1.165) is 29.9 Å². The fourth-order valence-electron chi connectivity index (χ4n) is 3.04. The number of methoxy groups -OCH3 is 1. The number of carbonyl (C=O) groups excluding carboxylic acids is 2. The maximum atomic E-state index is 12.1. The molecule has 0 aromatic heterocycles. The van der Waals surface area contributed by atoms with Crippen LogP contribution in [0.2, 0.25) is 0 Å². The van der Waals surface area contributed by atoms with E-state index in [4.69, 9.17) is 4.74 Å². The highest BCUT2D eigenvalue weighted by Gasteiger charge is 2.21. The fraction of sp³-hybridized carbons (Fsp3) is 0.286. The quantitative estimate of drug-likeness (QED) is 0.572. The van der Waals surface area contributed by atoms with Crippen molar-refractivity contribution in [1.82, 2.24) is 5.43 Å². The predicted molar refractivity (Wildman–Crippen MR) is 110 cm³/mol. The molecule has 1 heterocycles. The van der Waals surface area contributed by atoms with Gasteiger partial charge >= 0.3 is 0 Å². The monoisotopic (exact) mass is 380 g/mol. The van der Waals surface area contributed by atoms with E-state index in [1.54, 1.807) is 12.0 Å². The summed E-state index contributed by atoms with van der Waals surface area (Å²) in [5, 5.41) is 7.21. The fourth-order valence-corrected chi connectivity index (χ4v) is 3.04. The third-order valence-corrected chi connectivity index (χ3v) is 4.54. The first-order valence-corrected chi connectivity index (χ1v) is 9.19.